The molecule has 5 aromatic rings. The molecule has 2 aromatic heterocycles. The number of hydrogen-bond donors (Lipinski definition) is 1. The lowest BCUT2D eigenvalue weighted by molar-refractivity contribution is -0.118. The van der Waals surface area contributed by atoms with Gasteiger partial charge in [-0.25, -0.2) is 5.43 Å². The minimum absolute atomic E-state index is 0.118. The Kier molecular flexibility index (Phi) is 7.17. The summed E-state index contributed by atoms with van der Waals surface area (Å²) in [4.78, 5) is 13.3. The second-order valence-corrected chi connectivity index (χ2v) is 9.92. The van der Waals surface area contributed by atoms with Gasteiger partial charge in [-0.15, -0.1) is 21.5 Å². The van der Waals surface area contributed by atoms with E-state index in [1.807, 2.05) is 94.9 Å². The van der Waals surface area contributed by atoms with Crippen LogP contribution >= 0.6 is 39.0 Å². The van der Waals surface area contributed by atoms with Crippen LogP contribution in [0.3, 0.4) is 0 Å². The number of tetrazole rings is 1. The number of thiazole rings is 1. The number of carbonyl (C=O) groups excluding carboxylic acids is 1. The van der Waals surface area contributed by atoms with Crippen molar-refractivity contribution in [3.05, 3.63) is 99.6 Å². The van der Waals surface area contributed by atoms with Crippen LogP contribution < -0.4 is 10.2 Å². The van der Waals surface area contributed by atoms with Crippen molar-refractivity contribution in [2.75, 3.05) is 5.75 Å². The Labute approximate surface area is 217 Å². The Morgan fingerprint density at radius 3 is 2.37 bits per heavy atom. The monoisotopic (exact) mass is 563 g/mol. The third-order valence-electron chi connectivity index (χ3n) is 4.91. The second-order valence-electron chi connectivity index (χ2n) is 7.23. The predicted octanol–water partition coefficient (Wildman–Crippen LogP) is 4.67. The molecule has 0 aliphatic heterocycles. The minimum atomic E-state index is -0.254. The van der Waals surface area contributed by atoms with Crippen molar-refractivity contribution in [2.24, 2.45) is 5.10 Å². The number of aromatic nitrogens is 5. The summed E-state index contributed by atoms with van der Waals surface area (Å²) < 4.78 is 4.63. The summed E-state index contributed by atoms with van der Waals surface area (Å²) in [7, 11) is 0. The number of amides is 1. The van der Waals surface area contributed by atoms with Crippen molar-refractivity contribution in [3.63, 3.8) is 0 Å². The van der Waals surface area contributed by atoms with Gasteiger partial charge < -0.3 is 0 Å². The van der Waals surface area contributed by atoms with Crippen LogP contribution in [0.4, 0.5) is 0 Å². The normalized spacial score (nSPS) is 11.5. The Balaban J connectivity index is 1.36. The predicted molar refractivity (Wildman–Crippen MR) is 140 cm³/mol. The summed E-state index contributed by atoms with van der Waals surface area (Å²) in [5.74, 6) is -0.136. The number of halogens is 1. The van der Waals surface area contributed by atoms with E-state index < -0.39 is 0 Å². The molecule has 2 heterocycles. The van der Waals surface area contributed by atoms with Crippen LogP contribution in [0, 0.1) is 0 Å². The maximum Gasteiger partial charge on any atom is 0.250 e. The molecule has 0 fully saturated rings. The van der Waals surface area contributed by atoms with E-state index in [0.717, 1.165) is 27.1 Å². The number of para-hydroxylation sites is 2. The zero-order chi connectivity index (χ0) is 24.0. The van der Waals surface area contributed by atoms with Crippen molar-refractivity contribution in [2.45, 2.75) is 5.16 Å². The smallest absolute Gasteiger partial charge is 0.250 e. The quantitative estimate of drug-likeness (QED) is 0.229. The van der Waals surface area contributed by atoms with Crippen molar-refractivity contribution in [1.82, 2.24) is 30.2 Å². The summed E-state index contributed by atoms with van der Waals surface area (Å²) >= 11 is 6.19. The number of benzene rings is 3. The number of hydrogen-bond acceptors (Lipinski definition) is 7. The van der Waals surface area contributed by atoms with Gasteiger partial charge in [-0.05, 0) is 52.4 Å². The summed E-state index contributed by atoms with van der Waals surface area (Å²) in [5.41, 5.74) is 6.49. The van der Waals surface area contributed by atoms with Crippen LogP contribution in [0.2, 0.25) is 0 Å². The maximum atomic E-state index is 12.6. The van der Waals surface area contributed by atoms with Crippen molar-refractivity contribution in [3.8, 4) is 22.6 Å². The van der Waals surface area contributed by atoms with E-state index in [9.17, 15) is 4.79 Å². The SMILES string of the molecule is O=C(CSc1nnnn1-c1ccccc1)N/N=c1/scc(-c2ccc(Br)cc2)n1-c1ccccc1. The molecule has 0 bridgehead atoms. The molecule has 0 unspecified atom stereocenters. The molecule has 0 aliphatic rings. The molecular weight excluding hydrogens is 546 g/mol. The highest BCUT2D eigenvalue weighted by Crippen LogP contribution is 2.25. The second kappa shape index (κ2) is 10.8. The maximum absolute atomic E-state index is 12.6. The first kappa shape index (κ1) is 23.2. The van der Waals surface area contributed by atoms with E-state index in [1.54, 1.807) is 4.68 Å². The summed E-state index contributed by atoms with van der Waals surface area (Å²) in [6, 6.07) is 27.6. The molecule has 35 heavy (non-hydrogen) atoms. The van der Waals surface area contributed by atoms with Gasteiger partial charge in [0.15, 0.2) is 0 Å². The number of carbonyl (C=O) groups is 1. The van der Waals surface area contributed by atoms with Gasteiger partial charge in [0, 0.05) is 15.5 Å². The van der Waals surface area contributed by atoms with Crippen LogP contribution in [-0.4, -0.2) is 36.4 Å². The van der Waals surface area contributed by atoms with Gasteiger partial charge in [0.1, 0.15) is 0 Å². The number of rotatable bonds is 7. The van der Waals surface area contributed by atoms with Crippen LogP contribution in [-0.2, 0) is 4.79 Å². The topological polar surface area (TPSA) is 90.0 Å². The molecule has 1 N–H and O–H groups in total. The molecule has 3 aromatic carbocycles. The lowest BCUT2D eigenvalue weighted by Gasteiger charge is -2.09. The average Bonchev–Trinajstić information content (AvgIpc) is 3.55. The van der Waals surface area contributed by atoms with Crippen molar-refractivity contribution < 1.29 is 4.79 Å². The third kappa shape index (κ3) is 5.42. The molecule has 0 saturated carbocycles. The van der Waals surface area contributed by atoms with E-state index in [0.29, 0.717) is 9.96 Å². The molecule has 0 spiro atoms. The van der Waals surface area contributed by atoms with Crippen LogP contribution in [0.1, 0.15) is 0 Å². The van der Waals surface area contributed by atoms with Gasteiger partial charge in [-0.2, -0.15) is 4.68 Å². The molecule has 0 radical (unpaired) electrons. The fourth-order valence-corrected chi connectivity index (χ4v) is 5.12. The Morgan fingerprint density at radius 1 is 0.971 bits per heavy atom. The molecule has 5 rings (SSSR count). The molecule has 8 nitrogen and oxygen atoms in total. The van der Waals surface area contributed by atoms with E-state index in [1.165, 1.54) is 23.1 Å². The first-order chi connectivity index (χ1) is 17.2. The van der Waals surface area contributed by atoms with Crippen LogP contribution in [0.25, 0.3) is 22.6 Å². The zero-order valence-corrected chi connectivity index (χ0v) is 21.4. The highest BCUT2D eigenvalue weighted by molar-refractivity contribution is 9.10. The largest absolute Gasteiger partial charge is 0.284 e. The number of nitrogens with one attached hydrogen (secondary N) is 1. The van der Waals surface area contributed by atoms with Gasteiger partial charge in [-0.3, -0.25) is 9.36 Å². The summed E-state index contributed by atoms with van der Waals surface area (Å²) in [6.07, 6.45) is 0. The molecule has 1 amide bonds. The molecule has 0 atom stereocenters. The van der Waals surface area contributed by atoms with E-state index in [4.69, 9.17) is 0 Å². The van der Waals surface area contributed by atoms with Gasteiger partial charge in [0.05, 0.1) is 17.1 Å². The minimum Gasteiger partial charge on any atom is -0.284 e. The third-order valence-corrected chi connectivity index (χ3v) is 7.19. The van der Waals surface area contributed by atoms with E-state index in [2.05, 4.69) is 42.0 Å². The lowest BCUT2D eigenvalue weighted by Crippen LogP contribution is -2.25. The first-order valence-corrected chi connectivity index (χ1v) is 13.2. The number of nitrogens with zero attached hydrogens (tertiary/aromatic N) is 6. The van der Waals surface area contributed by atoms with Gasteiger partial charge >= 0.3 is 0 Å². The number of thioether (sulfide) groups is 1. The fourth-order valence-electron chi connectivity index (χ4n) is 3.31. The lowest BCUT2D eigenvalue weighted by atomic mass is 10.1. The summed E-state index contributed by atoms with van der Waals surface area (Å²) in [6.45, 7) is 0. The summed E-state index contributed by atoms with van der Waals surface area (Å²) in [5, 5.41) is 18.8. The van der Waals surface area contributed by atoms with Crippen molar-refractivity contribution >= 4 is 44.9 Å². The van der Waals surface area contributed by atoms with Crippen LogP contribution in [0.5, 0.6) is 0 Å². The van der Waals surface area contributed by atoms with Gasteiger partial charge in [0.2, 0.25) is 9.96 Å². The Hall–Kier alpha value is -3.54. The standard InChI is InChI=1S/C24H18BrN7OS2/c25-18-13-11-17(12-14-18)21-15-34-23(31(21)19-7-3-1-4-8-19)27-26-22(33)16-35-24-28-29-30-32(24)20-9-5-2-6-10-20/h1-15H,16H2,(H,26,33)/b27-23+. The van der Waals surface area contributed by atoms with Crippen molar-refractivity contribution in [1.29, 1.82) is 0 Å². The molecule has 174 valence electrons. The van der Waals surface area contributed by atoms with E-state index in [-0.39, 0.29) is 11.7 Å². The Morgan fingerprint density at radius 2 is 1.66 bits per heavy atom. The van der Waals surface area contributed by atoms with Gasteiger partial charge in [-0.1, -0.05) is 76.2 Å². The molecule has 11 heteroatoms. The van der Waals surface area contributed by atoms with E-state index >= 15 is 0 Å². The van der Waals surface area contributed by atoms with Gasteiger partial charge in [0.25, 0.3) is 5.91 Å². The highest BCUT2D eigenvalue weighted by atomic mass is 79.9. The average molecular weight is 564 g/mol. The first-order valence-electron chi connectivity index (χ1n) is 10.5. The molecule has 0 aliphatic carbocycles. The van der Waals surface area contributed by atoms with Crippen LogP contribution in [0.15, 0.2) is 105 Å². The Bertz CT molecular complexity index is 1500. The zero-order valence-electron chi connectivity index (χ0n) is 18.2. The fraction of sp³-hybridized carbons (Fsp3) is 0.0417. The molecule has 0 saturated heterocycles. The highest BCUT2D eigenvalue weighted by Gasteiger charge is 2.13. The molecular formula is C24H18BrN7OS2.